The second-order valence-electron chi connectivity index (χ2n) is 7.78. The fourth-order valence-corrected chi connectivity index (χ4v) is 4.80. The highest BCUT2D eigenvalue weighted by atomic mass is 32.1. The average Bonchev–Trinajstić information content (AvgIpc) is 3.25. The van der Waals surface area contributed by atoms with Gasteiger partial charge >= 0.3 is 0 Å². The van der Waals surface area contributed by atoms with Crippen molar-refractivity contribution in [3.63, 3.8) is 0 Å². The zero-order valence-corrected chi connectivity index (χ0v) is 18.5. The molecule has 154 valence electrons. The SMILES string of the molecule is CCN(C)[C@@H](C)CCNC(=O)c1csc2c1CCN(Cc1c(C)noc1C)C2. The highest BCUT2D eigenvalue weighted by Gasteiger charge is 2.25. The number of aryl methyl sites for hydroxylation is 2. The summed E-state index contributed by atoms with van der Waals surface area (Å²) in [6.07, 6.45) is 1.88. The Kier molecular flexibility index (Phi) is 6.91. The van der Waals surface area contributed by atoms with Gasteiger partial charge in [-0.3, -0.25) is 9.69 Å². The van der Waals surface area contributed by atoms with Crippen LogP contribution in [0.3, 0.4) is 0 Å². The molecule has 0 saturated carbocycles. The van der Waals surface area contributed by atoms with Gasteiger partial charge in [-0.2, -0.15) is 0 Å². The molecule has 6 nitrogen and oxygen atoms in total. The van der Waals surface area contributed by atoms with Crippen molar-refractivity contribution in [2.45, 2.75) is 59.7 Å². The van der Waals surface area contributed by atoms with Crippen molar-refractivity contribution in [3.8, 4) is 0 Å². The minimum Gasteiger partial charge on any atom is -0.361 e. The number of thiophene rings is 1. The Bertz CT molecular complexity index is 794. The van der Waals surface area contributed by atoms with Crippen LogP contribution >= 0.6 is 11.3 Å². The molecule has 1 aliphatic heterocycles. The molecule has 3 heterocycles. The molecule has 28 heavy (non-hydrogen) atoms. The molecular formula is C21H32N4O2S. The molecule has 3 rings (SSSR count). The lowest BCUT2D eigenvalue weighted by atomic mass is 10.0. The van der Waals surface area contributed by atoms with E-state index in [1.807, 2.05) is 19.2 Å². The van der Waals surface area contributed by atoms with E-state index in [2.05, 4.69) is 41.2 Å². The van der Waals surface area contributed by atoms with Gasteiger partial charge < -0.3 is 14.7 Å². The molecule has 1 aliphatic rings. The summed E-state index contributed by atoms with van der Waals surface area (Å²) in [7, 11) is 2.12. The summed E-state index contributed by atoms with van der Waals surface area (Å²) in [5.41, 5.74) is 4.26. The summed E-state index contributed by atoms with van der Waals surface area (Å²) >= 11 is 1.70. The third-order valence-corrected chi connectivity index (χ3v) is 6.95. The van der Waals surface area contributed by atoms with E-state index in [1.54, 1.807) is 11.3 Å². The second kappa shape index (κ2) is 9.20. The van der Waals surface area contributed by atoms with Crippen molar-refractivity contribution in [2.75, 3.05) is 26.7 Å². The number of carbonyl (C=O) groups excluding carboxylic acids is 1. The van der Waals surface area contributed by atoms with Crippen LogP contribution in [0.5, 0.6) is 0 Å². The minimum atomic E-state index is 0.0722. The Labute approximate surface area is 171 Å². The van der Waals surface area contributed by atoms with Gasteiger partial charge in [0.2, 0.25) is 0 Å². The topological polar surface area (TPSA) is 61.6 Å². The zero-order valence-electron chi connectivity index (χ0n) is 17.7. The van der Waals surface area contributed by atoms with Gasteiger partial charge in [-0.05, 0) is 52.8 Å². The van der Waals surface area contributed by atoms with Gasteiger partial charge in [0, 0.05) is 48.0 Å². The van der Waals surface area contributed by atoms with Gasteiger partial charge in [-0.15, -0.1) is 11.3 Å². The van der Waals surface area contributed by atoms with Crippen LogP contribution in [0.2, 0.25) is 0 Å². The van der Waals surface area contributed by atoms with E-state index < -0.39 is 0 Å². The maximum atomic E-state index is 12.7. The summed E-state index contributed by atoms with van der Waals surface area (Å²) in [6, 6.07) is 0.472. The van der Waals surface area contributed by atoms with Crippen LogP contribution in [-0.2, 0) is 19.5 Å². The van der Waals surface area contributed by atoms with E-state index in [9.17, 15) is 4.79 Å². The van der Waals surface area contributed by atoms with Crippen LogP contribution in [0.1, 0.15) is 58.1 Å². The standard InChI is InChI=1S/C21H32N4O2S/c1-6-24(5)14(2)7-9-22-21(26)19-13-28-20-12-25(10-8-17(19)20)11-18-15(3)23-27-16(18)4/h13-14H,6-12H2,1-5H3,(H,22,26)/t14-/m0/s1. The first kappa shape index (κ1) is 21.0. The fraction of sp³-hybridized carbons (Fsp3) is 0.619. The summed E-state index contributed by atoms with van der Waals surface area (Å²) in [5, 5.41) is 9.20. The van der Waals surface area contributed by atoms with Gasteiger partial charge in [0.25, 0.3) is 5.91 Å². The van der Waals surface area contributed by atoms with Crippen LogP contribution in [0.4, 0.5) is 0 Å². The second-order valence-corrected chi connectivity index (χ2v) is 8.75. The number of nitrogens with zero attached hydrogens (tertiary/aromatic N) is 3. The van der Waals surface area contributed by atoms with Crippen molar-refractivity contribution in [1.82, 2.24) is 20.3 Å². The molecule has 2 aromatic heterocycles. The Morgan fingerprint density at radius 3 is 2.93 bits per heavy atom. The Hall–Kier alpha value is -1.70. The predicted octanol–water partition coefficient (Wildman–Crippen LogP) is 3.37. The first-order valence-electron chi connectivity index (χ1n) is 10.1. The van der Waals surface area contributed by atoms with Crippen LogP contribution in [0.25, 0.3) is 0 Å². The molecule has 7 heteroatoms. The van der Waals surface area contributed by atoms with Crippen molar-refractivity contribution >= 4 is 17.2 Å². The summed E-state index contributed by atoms with van der Waals surface area (Å²) in [4.78, 5) is 18.7. The third kappa shape index (κ3) is 4.64. The molecule has 0 radical (unpaired) electrons. The van der Waals surface area contributed by atoms with Crippen LogP contribution in [0, 0.1) is 13.8 Å². The zero-order chi connectivity index (χ0) is 20.3. The third-order valence-electron chi connectivity index (χ3n) is 5.93. The molecule has 2 aromatic rings. The normalized spacial score (nSPS) is 15.6. The van der Waals surface area contributed by atoms with Crippen molar-refractivity contribution < 1.29 is 9.32 Å². The Morgan fingerprint density at radius 1 is 1.46 bits per heavy atom. The van der Waals surface area contributed by atoms with E-state index in [1.165, 1.54) is 16.0 Å². The van der Waals surface area contributed by atoms with E-state index >= 15 is 0 Å². The van der Waals surface area contributed by atoms with E-state index in [4.69, 9.17) is 4.52 Å². The summed E-state index contributed by atoms with van der Waals surface area (Å²) < 4.78 is 5.29. The van der Waals surface area contributed by atoms with Crippen LogP contribution in [-0.4, -0.2) is 53.6 Å². The van der Waals surface area contributed by atoms with E-state index in [0.29, 0.717) is 12.6 Å². The molecule has 0 spiro atoms. The van der Waals surface area contributed by atoms with Crippen molar-refractivity contribution in [3.05, 3.63) is 38.4 Å². The van der Waals surface area contributed by atoms with Gasteiger partial charge in [0.05, 0.1) is 11.3 Å². The van der Waals surface area contributed by atoms with Gasteiger partial charge in [0.15, 0.2) is 0 Å². The quantitative estimate of drug-likeness (QED) is 0.731. The molecule has 1 N–H and O–H groups in total. The maximum Gasteiger partial charge on any atom is 0.252 e. The number of fused-ring (bicyclic) bond motifs is 1. The Morgan fingerprint density at radius 2 is 2.25 bits per heavy atom. The molecule has 1 atom stereocenters. The number of hydrogen-bond acceptors (Lipinski definition) is 6. The van der Waals surface area contributed by atoms with Crippen LogP contribution in [0.15, 0.2) is 9.90 Å². The predicted molar refractivity (Wildman–Crippen MR) is 113 cm³/mol. The number of nitrogens with one attached hydrogen (secondary N) is 1. The molecule has 0 unspecified atom stereocenters. The van der Waals surface area contributed by atoms with Crippen LogP contribution < -0.4 is 5.32 Å². The number of aromatic nitrogens is 1. The van der Waals surface area contributed by atoms with Gasteiger partial charge in [-0.25, -0.2) is 0 Å². The smallest absolute Gasteiger partial charge is 0.252 e. The molecule has 0 bridgehead atoms. The highest BCUT2D eigenvalue weighted by Crippen LogP contribution is 2.30. The molecule has 0 fully saturated rings. The van der Waals surface area contributed by atoms with E-state index in [-0.39, 0.29) is 5.91 Å². The highest BCUT2D eigenvalue weighted by molar-refractivity contribution is 7.10. The molecular weight excluding hydrogens is 372 g/mol. The largest absolute Gasteiger partial charge is 0.361 e. The fourth-order valence-electron chi connectivity index (χ4n) is 3.68. The molecule has 0 aliphatic carbocycles. The van der Waals surface area contributed by atoms with Gasteiger partial charge in [0.1, 0.15) is 5.76 Å². The summed E-state index contributed by atoms with van der Waals surface area (Å²) in [6.45, 7) is 12.7. The monoisotopic (exact) mass is 404 g/mol. The van der Waals surface area contributed by atoms with Crippen molar-refractivity contribution in [2.24, 2.45) is 0 Å². The summed E-state index contributed by atoms with van der Waals surface area (Å²) in [5.74, 6) is 0.973. The average molecular weight is 405 g/mol. The molecule has 0 aromatic carbocycles. The number of amides is 1. The lowest BCUT2D eigenvalue weighted by Gasteiger charge is -2.27. The lowest BCUT2D eigenvalue weighted by molar-refractivity contribution is 0.0948. The van der Waals surface area contributed by atoms with Crippen molar-refractivity contribution in [1.29, 1.82) is 0 Å². The van der Waals surface area contributed by atoms with Gasteiger partial charge in [-0.1, -0.05) is 12.1 Å². The first-order valence-corrected chi connectivity index (χ1v) is 11.0. The van der Waals surface area contributed by atoms with E-state index in [0.717, 1.165) is 56.0 Å². The number of rotatable bonds is 8. The Balaban J connectivity index is 1.56. The maximum absolute atomic E-state index is 12.7. The number of carbonyl (C=O) groups is 1. The minimum absolute atomic E-state index is 0.0722. The lowest BCUT2D eigenvalue weighted by Crippen LogP contribution is -2.34. The molecule has 0 saturated heterocycles. The molecule has 1 amide bonds. The first-order chi connectivity index (χ1) is 13.4. The number of hydrogen-bond donors (Lipinski definition) is 1.